The molecule has 0 saturated carbocycles. The Hall–Kier alpha value is -4.50. The fourth-order valence-electron chi connectivity index (χ4n) is 4.18. The van der Waals surface area contributed by atoms with Crippen LogP contribution < -0.4 is 25.5 Å². The summed E-state index contributed by atoms with van der Waals surface area (Å²) in [5.41, 5.74) is 7.92. The van der Waals surface area contributed by atoms with Gasteiger partial charge in [0, 0.05) is 25.5 Å². The van der Waals surface area contributed by atoms with Gasteiger partial charge in [0.15, 0.2) is 0 Å². The van der Waals surface area contributed by atoms with E-state index in [2.05, 4.69) is 17.1 Å². The Bertz CT molecular complexity index is 1460. The fourth-order valence-corrected chi connectivity index (χ4v) is 4.18. The second kappa shape index (κ2) is 12.2. The van der Waals surface area contributed by atoms with E-state index < -0.39 is 0 Å². The number of anilines is 2. The Morgan fingerprint density at radius 3 is 2.58 bits per heavy atom. The summed E-state index contributed by atoms with van der Waals surface area (Å²) in [6, 6.07) is 18.8. The van der Waals surface area contributed by atoms with Crippen molar-refractivity contribution in [2.24, 2.45) is 7.05 Å². The number of para-hydroxylation sites is 2. The minimum absolute atomic E-state index is 0.173. The van der Waals surface area contributed by atoms with Gasteiger partial charge in [-0.15, -0.1) is 0 Å². The van der Waals surface area contributed by atoms with Crippen LogP contribution in [0.2, 0.25) is 0 Å². The Labute approximate surface area is 222 Å². The molecular formula is C29H33N5O4. The lowest BCUT2D eigenvalue weighted by Crippen LogP contribution is -2.30. The SMILES string of the molecule is C=CN(Nc1cc(=O)n(Cc2ccn(C)n2)c(COCc2cccc(OC)c2)c1C)c1ccccc1OC. The molecule has 9 heteroatoms. The summed E-state index contributed by atoms with van der Waals surface area (Å²) in [6.07, 6.45) is 3.49. The number of nitrogens with one attached hydrogen (secondary N) is 1. The smallest absolute Gasteiger partial charge is 0.253 e. The zero-order valence-electron chi connectivity index (χ0n) is 22.2. The lowest BCUT2D eigenvalue weighted by atomic mass is 10.1. The molecule has 0 amide bonds. The third-order valence-electron chi connectivity index (χ3n) is 6.20. The van der Waals surface area contributed by atoms with Gasteiger partial charge in [0.25, 0.3) is 5.56 Å². The molecule has 9 nitrogen and oxygen atoms in total. The highest BCUT2D eigenvalue weighted by molar-refractivity contribution is 5.66. The van der Waals surface area contributed by atoms with Crippen LogP contribution in [0.3, 0.4) is 0 Å². The van der Waals surface area contributed by atoms with E-state index in [-0.39, 0.29) is 12.2 Å². The molecule has 0 bridgehead atoms. The molecule has 0 unspecified atom stereocenters. The van der Waals surface area contributed by atoms with Crippen molar-refractivity contribution in [3.8, 4) is 11.5 Å². The van der Waals surface area contributed by atoms with Crippen LogP contribution in [-0.4, -0.2) is 28.6 Å². The lowest BCUT2D eigenvalue weighted by Gasteiger charge is -2.26. The van der Waals surface area contributed by atoms with Crippen molar-refractivity contribution >= 4 is 11.4 Å². The first kappa shape index (κ1) is 26.6. The van der Waals surface area contributed by atoms with Crippen molar-refractivity contribution in [3.63, 3.8) is 0 Å². The molecule has 2 aromatic heterocycles. The van der Waals surface area contributed by atoms with Crippen molar-refractivity contribution < 1.29 is 14.2 Å². The number of hydrazine groups is 1. The monoisotopic (exact) mass is 515 g/mol. The van der Waals surface area contributed by atoms with Crippen molar-refractivity contribution in [2.75, 3.05) is 24.7 Å². The highest BCUT2D eigenvalue weighted by Gasteiger charge is 2.17. The number of methoxy groups -OCH3 is 2. The molecule has 2 aromatic carbocycles. The molecule has 0 spiro atoms. The van der Waals surface area contributed by atoms with Crippen LogP contribution >= 0.6 is 0 Å². The topological polar surface area (TPSA) is 82.8 Å². The summed E-state index contributed by atoms with van der Waals surface area (Å²) in [5, 5.41) is 6.19. The molecule has 0 aliphatic rings. The van der Waals surface area contributed by atoms with E-state index in [0.29, 0.717) is 24.6 Å². The van der Waals surface area contributed by atoms with Crippen LogP contribution in [0.25, 0.3) is 0 Å². The minimum Gasteiger partial charge on any atom is -0.497 e. The van der Waals surface area contributed by atoms with E-state index in [9.17, 15) is 4.79 Å². The number of ether oxygens (including phenoxy) is 3. The Morgan fingerprint density at radius 1 is 1.05 bits per heavy atom. The molecule has 0 aliphatic carbocycles. The number of nitrogens with zero attached hydrogens (tertiary/aromatic N) is 4. The quantitative estimate of drug-likeness (QED) is 0.275. The van der Waals surface area contributed by atoms with Gasteiger partial charge in [-0.05, 0) is 48.4 Å². The Kier molecular flexibility index (Phi) is 8.50. The number of aromatic nitrogens is 3. The van der Waals surface area contributed by atoms with Gasteiger partial charge < -0.3 is 18.8 Å². The summed E-state index contributed by atoms with van der Waals surface area (Å²) in [7, 11) is 5.10. The maximum Gasteiger partial charge on any atom is 0.253 e. The Balaban J connectivity index is 1.67. The zero-order chi connectivity index (χ0) is 27.1. The third kappa shape index (κ3) is 6.07. The van der Waals surface area contributed by atoms with E-state index in [1.165, 1.54) is 0 Å². The van der Waals surface area contributed by atoms with Crippen molar-refractivity contribution in [1.29, 1.82) is 0 Å². The van der Waals surface area contributed by atoms with Gasteiger partial charge in [-0.3, -0.25) is 19.9 Å². The summed E-state index contributed by atoms with van der Waals surface area (Å²) in [6.45, 7) is 6.82. The third-order valence-corrected chi connectivity index (χ3v) is 6.20. The predicted octanol–water partition coefficient (Wildman–Crippen LogP) is 4.65. The highest BCUT2D eigenvalue weighted by Crippen LogP contribution is 2.29. The number of rotatable bonds is 12. The summed E-state index contributed by atoms with van der Waals surface area (Å²) in [5.74, 6) is 1.43. The molecule has 0 radical (unpaired) electrons. The van der Waals surface area contributed by atoms with Gasteiger partial charge in [0.05, 0.1) is 51.1 Å². The molecule has 2 heterocycles. The molecule has 4 aromatic rings. The Morgan fingerprint density at radius 2 is 1.87 bits per heavy atom. The first-order valence-corrected chi connectivity index (χ1v) is 12.2. The second-order valence-corrected chi connectivity index (χ2v) is 8.72. The first-order valence-electron chi connectivity index (χ1n) is 12.2. The average molecular weight is 516 g/mol. The summed E-state index contributed by atoms with van der Waals surface area (Å²) < 4.78 is 20.4. The molecule has 0 atom stereocenters. The van der Waals surface area contributed by atoms with Gasteiger partial charge in [-0.2, -0.15) is 5.10 Å². The van der Waals surface area contributed by atoms with Crippen LogP contribution in [0.1, 0.15) is 22.5 Å². The maximum atomic E-state index is 13.4. The van der Waals surface area contributed by atoms with Crippen molar-refractivity contribution in [1.82, 2.24) is 14.3 Å². The fraction of sp³-hybridized carbons (Fsp3) is 0.241. The van der Waals surface area contributed by atoms with Crippen molar-refractivity contribution in [3.05, 3.63) is 113 Å². The number of pyridine rings is 1. The van der Waals surface area contributed by atoms with Crippen LogP contribution in [0, 0.1) is 6.92 Å². The molecule has 198 valence electrons. The van der Waals surface area contributed by atoms with Crippen LogP contribution in [0.5, 0.6) is 11.5 Å². The average Bonchev–Trinajstić information content (AvgIpc) is 3.35. The van der Waals surface area contributed by atoms with Crippen LogP contribution in [-0.2, 0) is 31.5 Å². The first-order chi connectivity index (χ1) is 18.4. The van der Waals surface area contributed by atoms with Gasteiger partial charge in [0.2, 0.25) is 0 Å². The molecule has 0 fully saturated rings. The van der Waals surface area contributed by atoms with E-state index >= 15 is 0 Å². The molecule has 0 aliphatic heterocycles. The number of hydrogen-bond acceptors (Lipinski definition) is 7. The predicted molar refractivity (Wildman–Crippen MR) is 149 cm³/mol. The number of benzene rings is 2. The minimum atomic E-state index is -0.173. The maximum absolute atomic E-state index is 13.4. The standard InChI is InChI=1S/C29H33N5O4/c1-6-34(26-12-7-8-13-28(26)37-5)31-25-17-29(35)33(18-23-14-15-32(3)30-23)27(21(25)2)20-38-19-22-10-9-11-24(16-22)36-4/h6-17,31H,1,18-20H2,2-5H3. The summed E-state index contributed by atoms with van der Waals surface area (Å²) >= 11 is 0. The number of aryl methyl sites for hydroxylation is 1. The van der Waals surface area contributed by atoms with Crippen LogP contribution in [0.15, 0.2) is 84.4 Å². The number of hydrogen-bond donors (Lipinski definition) is 1. The van der Waals surface area contributed by atoms with Gasteiger partial charge >= 0.3 is 0 Å². The molecular weight excluding hydrogens is 482 g/mol. The normalized spacial score (nSPS) is 10.7. The lowest BCUT2D eigenvalue weighted by molar-refractivity contribution is 0.101. The van der Waals surface area contributed by atoms with Gasteiger partial charge in [-0.25, -0.2) is 0 Å². The second-order valence-electron chi connectivity index (χ2n) is 8.72. The molecule has 0 saturated heterocycles. The highest BCUT2D eigenvalue weighted by atomic mass is 16.5. The zero-order valence-corrected chi connectivity index (χ0v) is 22.2. The summed E-state index contributed by atoms with van der Waals surface area (Å²) in [4.78, 5) is 13.4. The van der Waals surface area contributed by atoms with Crippen LogP contribution in [0.4, 0.5) is 11.4 Å². The van der Waals surface area contributed by atoms with E-state index in [1.807, 2.05) is 74.8 Å². The molecule has 4 rings (SSSR count). The van der Waals surface area contributed by atoms with E-state index in [1.54, 1.807) is 40.7 Å². The van der Waals surface area contributed by atoms with Crippen molar-refractivity contribution in [2.45, 2.75) is 26.7 Å². The molecule has 38 heavy (non-hydrogen) atoms. The molecule has 1 N–H and O–H groups in total. The van der Waals surface area contributed by atoms with Gasteiger partial charge in [0.1, 0.15) is 17.2 Å². The van der Waals surface area contributed by atoms with E-state index in [4.69, 9.17) is 14.2 Å². The van der Waals surface area contributed by atoms with Gasteiger partial charge in [-0.1, -0.05) is 30.8 Å². The largest absolute Gasteiger partial charge is 0.497 e. The van der Waals surface area contributed by atoms with E-state index in [0.717, 1.165) is 34.0 Å².